The second-order valence-electron chi connectivity index (χ2n) is 7.26. The van der Waals surface area contributed by atoms with Crippen LogP contribution in [0.15, 0.2) is 54.6 Å². The summed E-state index contributed by atoms with van der Waals surface area (Å²) in [7, 11) is 1.59. The quantitative estimate of drug-likeness (QED) is 0.710. The second kappa shape index (κ2) is 8.77. The van der Waals surface area contributed by atoms with E-state index >= 15 is 0 Å². The molecular weight excluding hydrogens is 374 g/mol. The first-order valence-corrected chi connectivity index (χ1v) is 9.33. The molecule has 2 aromatic carbocycles. The van der Waals surface area contributed by atoms with Crippen molar-refractivity contribution in [3.63, 3.8) is 0 Å². The summed E-state index contributed by atoms with van der Waals surface area (Å²) in [6.07, 6.45) is 0.0573. The van der Waals surface area contributed by atoms with E-state index in [1.165, 1.54) is 4.90 Å². The Morgan fingerprint density at radius 1 is 0.931 bits per heavy atom. The van der Waals surface area contributed by atoms with Gasteiger partial charge in [0.1, 0.15) is 12.4 Å². The van der Waals surface area contributed by atoms with Crippen molar-refractivity contribution in [2.75, 3.05) is 7.05 Å². The molecule has 29 heavy (non-hydrogen) atoms. The summed E-state index contributed by atoms with van der Waals surface area (Å²) in [6.45, 7) is 0.764. The lowest BCUT2D eigenvalue weighted by atomic mass is 9.64. The van der Waals surface area contributed by atoms with E-state index in [1.807, 2.05) is 54.6 Å². The average molecular weight is 397 g/mol. The molecule has 3 atom stereocenters. The summed E-state index contributed by atoms with van der Waals surface area (Å²) < 4.78 is 5.74. The Labute approximate surface area is 168 Å². The molecule has 0 spiro atoms. The molecule has 0 bridgehead atoms. The van der Waals surface area contributed by atoms with E-state index in [-0.39, 0.29) is 12.3 Å². The Morgan fingerprint density at radius 2 is 1.59 bits per heavy atom. The topological polar surface area (TPSA) is 104 Å². The third-order valence-corrected chi connectivity index (χ3v) is 5.26. The lowest BCUT2D eigenvalue weighted by Crippen LogP contribution is -2.52. The summed E-state index contributed by atoms with van der Waals surface area (Å²) in [5, 5.41) is 18.3. The van der Waals surface area contributed by atoms with Crippen LogP contribution in [0.3, 0.4) is 0 Å². The van der Waals surface area contributed by atoms with Gasteiger partial charge >= 0.3 is 11.9 Å². The van der Waals surface area contributed by atoms with Gasteiger partial charge in [0, 0.05) is 13.6 Å². The van der Waals surface area contributed by atoms with Crippen LogP contribution in [-0.4, -0.2) is 40.0 Å². The predicted octanol–water partition coefficient (Wildman–Crippen LogP) is 2.65. The standard InChI is InChI=1S/C22H23NO6/c1-23(20(24)17-11-18(21(25)26)19(17)22(27)28)12-14-7-9-16(10-8-14)29-13-15-5-3-2-4-6-15/h2-10,17-19H,11-13H2,1H3,(H,25,26)(H,27,28). The SMILES string of the molecule is CN(Cc1ccc(OCc2ccccc2)cc1)C(=O)C1CC(C(=O)O)C1C(=O)O. The Hall–Kier alpha value is -3.35. The van der Waals surface area contributed by atoms with Gasteiger partial charge < -0.3 is 19.8 Å². The molecule has 2 N–H and O–H groups in total. The summed E-state index contributed by atoms with van der Waals surface area (Å²) in [5.74, 6) is -5.02. The fourth-order valence-electron chi connectivity index (χ4n) is 3.57. The normalized spacial score (nSPS) is 20.4. The number of rotatable bonds is 8. The lowest BCUT2D eigenvalue weighted by Gasteiger charge is -2.40. The van der Waals surface area contributed by atoms with Crippen LogP contribution in [0.5, 0.6) is 5.75 Å². The van der Waals surface area contributed by atoms with E-state index in [4.69, 9.17) is 9.84 Å². The largest absolute Gasteiger partial charge is 0.489 e. The van der Waals surface area contributed by atoms with Crippen molar-refractivity contribution in [1.82, 2.24) is 4.90 Å². The van der Waals surface area contributed by atoms with Gasteiger partial charge in [-0.05, 0) is 29.7 Å². The number of hydrogen-bond acceptors (Lipinski definition) is 4. The third kappa shape index (κ3) is 4.74. The highest BCUT2D eigenvalue weighted by atomic mass is 16.5. The highest BCUT2D eigenvalue weighted by Gasteiger charge is 2.53. The molecule has 7 nitrogen and oxygen atoms in total. The number of amides is 1. The van der Waals surface area contributed by atoms with E-state index in [1.54, 1.807) is 7.05 Å². The molecule has 1 aliphatic rings. The van der Waals surface area contributed by atoms with Gasteiger partial charge in [-0.2, -0.15) is 0 Å². The van der Waals surface area contributed by atoms with E-state index in [9.17, 15) is 19.5 Å². The van der Waals surface area contributed by atoms with E-state index in [2.05, 4.69) is 0 Å². The van der Waals surface area contributed by atoms with Gasteiger partial charge in [0.2, 0.25) is 5.91 Å². The molecule has 152 valence electrons. The highest BCUT2D eigenvalue weighted by Crippen LogP contribution is 2.42. The van der Waals surface area contributed by atoms with Gasteiger partial charge in [-0.3, -0.25) is 14.4 Å². The zero-order valence-electron chi connectivity index (χ0n) is 16.0. The number of hydrogen-bond donors (Lipinski definition) is 2. The maximum Gasteiger partial charge on any atom is 0.308 e. The molecule has 0 aromatic heterocycles. The molecular formula is C22H23NO6. The molecule has 1 aliphatic carbocycles. The zero-order valence-corrected chi connectivity index (χ0v) is 16.0. The minimum Gasteiger partial charge on any atom is -0.489 e. The predicted molar refractivity (Wildman–Crippen MR) is 104 cm³/mol. The van der Waals surface area contributed by atoms with Crippen LogP contribution in [0.2, 0.25) is 0 Å². The van der Waals surface area contributed by atoms with Crippen LogP contribution in [0, 0.1) is 17.8 Å². The number of carboxylic acid groups (broad SMARTS) is 2. The van der Waals surface area contributed by atoms with Crippen LogP contribution >= 0.6 is 0 Å². The first-order valence-electron chi connectivity index (χ1n) is 9.33. The number of carbonyl (C=O) groups is 3. The molecule has 0 heterocycles. The van der Waals surface area contributed by atoms with Crippen LogP contribution in [0.4, 0.5) is 0 Å². The van der Waals surface area contributed by atoms with Gasteiger partial charge in [0.05, 0.1) is 17.8 Å². The maximum absolute atomic E-state index is 12.6. The molecule has 0 aliphatic heterocycles. The van der Waals surface area contributed by atoms with E-state index in [0.717, 1.165) is 11.1 Å². The van der Waals surface area contributed by atoms with E-state index < -0.39 is 29.7 Å². The lowest BCUT2D eigenvalue weighted by molar-refractivity contribution is -0.171. The molecule has 0 radical (unpaired) electrons. The second-order valence-corrected chi connectivity index (χ2v) is 7.26. The minimum absolute atomic E-state index is 0.0573. The first-order chi connectivity index (χ1) is 13.9. The van der Waals surface area contributed by atoms with Gasteiger partial charge in [-0.1, -0.05) is 42.5 Å². The van der Waals surface area contributed by atoms with Crippen LogP contribution in [0.25, 0.3) is 0 Å². The smallest absolute Gasteiger partial charge is 0.308 e. The van der Waals surface area contributed by atoms with Crippen LogP contribution < -0.4 is 4.74 Å². The number of aliphatic carboxylic acids is 2. The number of benzene rings is 2. The van der Waals surface area contributed by atoms with Gasteiger partial charge in [-0.15, -0.1) is 0 Å². The highest BCUT2D eigenvalue weighted by molar-refractivity contribution is 5.91. The van der Waals surface area contributed by atoms with Crippen molar-refractivity contribution in [1.29, 1.82) is 0 Å². The Kier molecular flexibility index (Phi) is 6.16. The average Bonchev–Trinajstić information content (AvgIpc) is 2.66. The molecule has 2 aromatic rings. The fourth-order valence-corrected chi connectivity index (χ4v) is 3.57. The van der Waals surface area contributed by atoms with Crippen LogP contribution in [0.1, 0.15) is 17.5 Å². The van der Waals surface area contributed by atoms with Crippen molar-refractivity contribution < 1.29 is 29.3 Å². The van der Waals surface area contributed by atoms with Gasteiger partial charge in [0.25, 0.3) is 0 Å². The summed E-state index contributed by atoms with van der Waals surface area (Å²) in [5.41, 5.74) is 1.93. The number of carbonyl (C=O) groups excluding carboxylic acids is 1. The monoisotopic (exact) mass is 397 g/mol. The molecule has 1 amide bonds. The summed E-state index contributed by atoms with van der Waals surface area (Å²) in [6, 6.07) is 17.1. The van der Waals surface area contributed by atoms with Gasteiger partial charge in [0.15, 0.2) is 0 Å². The summed E-state index contributed by atoms with van der Waals surface area (Å²) in [4.78, 5) is 36.5. The summed E-state index contributed by atoms with van der Waals surface area (Å²) >= 11 is 0. The third-order valence-electron chi connectivity index (χ3n) is 5.26. The fraction of sp³-hybridized carbons (Fsp3) is 0.318. The minimum atomic E-state index is -1.24. The number of carboxylic acids is 2. The van der Waals surface area contributed by atoms with Crippen molar-refractivity contribution in [2.45, 2.75) is 19.6 Å². The Bertz CT molecular complexity index is 880. The molecule has 1 fully saturated rings. The Morgan fingerprint density at radius 3 is 2.17 bits per heavy atom. The molecule has 3 unspecified atom stereocenters. The van der Waals surface area contributed by atoms with Crippen molar-refractivity contribution in [2.24, 2.45) is 17.8 Å². The van der Waals surface area contributed by atoms with E-state index in [0.29, 0.717) is 18.9 Å². The number of ether oxygens (including phenoxy) is 1. The maximum atomic E-state index is 12.6. The number of nitrogens with zero attached hydrogens (tertiary/aromatic N) is 1. The van der Waals surface area contributed by atoms with Gasteiger partial charge in [-0.25, -0.2) is 0 Å². The first kappa shape index (κ1) is 20.4. The Balaban J connectivity index is 1.55. The molecule has 0 saturated heterocycles. The van der Waals surface area contributed by atoms with Crippen LogP contribution in [-0.2, 0) is 27.5 Å². The van der Waals surface area contributed by atoms with Crippen molar-refractivity contribution >= 4 is 17.8 Å². The van der Waals surface area contributed by atoms with Crippen molar-refractivity contribution in [3.05, 3.63) is 65.7 Å². The molecule has 1 saturated carbocycles. The molecule has 7 heteroatoms. The zero-order chi connectivity index (χ0) is 21.0. The van der Waals surface area contributed by atoms with Crippen molar-refractivity contribution in [3.8, 4) is 5.75 Å². The molecule has 3 rings (SSSR count).